The Bertz CT molecular complexity index is 1350. The zero-order valence-corrected chi connectivity index (χ0v) is 16.8. The summed E-state index contributed by atoms with van der Waals surface area (Å²) in [4.78, 5) is 18.2. The van der Waals surface area contributed by atoms with E-state index in [-0.39, 0.29) is 12.6 Å². The van der Waals surface area contributed by atoms with Crippen molar-refractivity contribution < 1.29 is 5.11 Å². The maximum Gasteiger partial charge on any atom is 0.197 e. The van der Waals surface area contributed by atoms with Crippen molar-refractivity contribution >= 4 is 22.2 Å². The van der Waals surface area contributed by atoms with Crippen LogP contribution in [-0.2, 0) is 6.54 Å². The lowest BCUT2D eigenvalue weighted by Crippen LogP contribution is -2.08. The van der Waals surface area contributed by atoms with Crippen LogP contribution in [-0.4, -0.2) is 46.0 Å². The summed E-state index contributed by atoms with van der Waals surface area (Å²) in [5.74, 6) is 0. The van der Waals surface area contributed by atoms with Crippen LogP contribution in [0.25, 0.3) is 33.5 Å². The second-order valence-electron chi connectivity index (χ2n) is 7.30. The molecule has 5 aromatic rings. The molecule has 150 valence electrons. The van der Waals surface area contributed by atoms with E-state index in [1.165, 1.54) is 11.1 Å². The molecule has 4 aromatic heterocycles. The van der Waals surface area contributed by atoms with Gasteiger partial charge >= 0.3 is 0 Å². The van der Waals surface area contributed by atoms with E-state index < -0.39 is 0 Å². The number of aryl methyl sites for hydroxylation is 1. The highest BCUT2D eigenvalue weighted by Crippen LogP contribution is 2.29. The summed E-state index contributed by atoms with van der Waals surface area (Å²) in [5.41, 5.74) is 6.28. The van der Waals surface area contributed by atoms with Crippen LogP contribution in [0.15, 0.2) is 55.4 Å². The first-order chi connectivity index (χ1) is 14.7. The Kier molecular flexibility index (Phi) is 4.48. The van der Waals surface area contributed by atoms with E-state index in [1.54, 1.807) is 23.4 Å². The van der Waals surface area contributed by atoms with Gasteiger partial charge in [0.15, 0.2) is 11.3 Å². The van der Waals surface area contributed by atoms with E-state index in [0.717, 1.165) is 27.8 Å². The van der Waals surface area contributed by atoms with E-state index in [0.29, 0.717) is 12.2 Å². The number of aromatic nitrogens is 7. The van der Waals surface area contributed by atoms with E-state index in [4.69, 9.17) is 10.1 Å². The Labute approximate surface area is 172 Å². The third kappa shape index (κ3) is 3.02. The van der Waals surface area contributed by atoms with Gasteiger partial charge < -0.3 is 9.67 Å². The van der Waals surface area contributed by atoms with E-state index in [1.807, 2.05) is 18.5 Å². The number of imidazole rings is 1. The molecule has 0 spiro atoms. The SMILES string of the molecule is Cc1c(C(C)n2cnc3ncc(-c4cnn(CCO)c4)nc32)ccc2ncccc12. The van der Waals surface area contributed by atoms with E-state index in [9.17, 15) is 0 Å². The van der Waals surface area contributed by atoms with Crippen molar-refractivity contribution in [3.63, 3.8) is 0 Å². The molecule has 0 saturated carbocycles. The predicted octanol–water partition coefficient (Wildman–Crippen LogP) is 3.15. The quantitative estimate of drug-likeness (QED) is 0.488. The molecule has 1 N–H and O–H groups in total. The van der Waals surface area contributed by atoms with Gasteiger partial charge in [-0.1, -0.05) is 12.1 Å². The average molecular weight is 399 g/mol. The molecule has 8 nitrogen and oxygen atoms in total. The fourth-order valence-electron chi connectivity index (χ4n) is 3.87. The first kappa shape index (κ1) is 18.4. The summed E-state index contributed by atoms with van der Waals surface area (Å²) >= 11 is 0. The zero-order valence-electron chi connectivity index (χ0n) is 16.8. The molecule has 4 heterocycles. The molecule has 0 aliphatic heterocycles. The molecular formula is C22H21N7O. The normalized spacial score (nSPS) is 12.6. The van der Waals surface area contributed by atoms with Crippen molar-refractivity contribution in [2.45, 2.75) is 26.4 Å². The highest BCUT2D eigenvalue weighted by Gasteiger charge is 2.17. The number of fused-ring (bicyclic) bond motifs is 2. The largest absolute Gasteiger partial charge is 0.394 e. The van der Waals surface area contributed by atoms with Crippen LogP contribution >= 0.6 is 0 Å². The van der Waals surface area contributed by atoms with Crippen LogP contribution in [0.2, 0.25) is 0 Å². The Morgan fingerprint density at radius 2 is 2.00 bits per heavy atom. The number of rotatable bonds is 5. The highest BCUT2D eigenvalue weighted by molar-refractivity contribution is 5.83. The molecule has 1 unspecified atom stereocenters. The molecular weight excluding hydrogens is 378 g/mol. The standard InChI is InChI=1S/C22H21N7O/c1-14-17(5-6-19-18(14)4-3-7-23-19)15(2)29-13-25-21-22(29)27-20(11-24-21)16-10-26-28(12-16)8-9-30/h3-7,10-13,15,30H,8-9H2,1-2H3. The zero-order chi connectivity index (χ0) is 20.7. The van der Waals surface area contributed by atoms with Gasteiger partial charge in [0, 0.05) is 23.3 Å². The van der Waals surface area contributed by atoms with Crippen molar-refractivity contribution in [1.29, 1.82) is 0 Å². The summed E-state index contributed by atoms with van der Waals surface area (Å²) in [6.45, 7) is 4.75. The second kappa shape index (κ2) is 7.31. The van der Waals surface area contributed by atoms with Gasteiger partial charge in [0.25, 0.3) is 0 Å². The maximum absolute atomic E-state index is 9.10. The molecule has 0 amide bonds. The van der Waals surface area contributed by atoms with E-state index in [2.05, 4.69) is 56.7 Å². The van der Waals surface area contributed by atoms with Gasteiger partial charge in [0.1, 0.15) is 0 Å². The number of pyridine rings is 1. The molecule has 0 bridgehead atoms. The first-order valence-corrected chi connectivity index (χ1v) is 9.83. The van der Waals surface area contributed by atoms with Crippen LogP contribution in [0, 0.1) is 6.92 Å². The average Bonchev–Trinajstić information content (AvgIpc) is 3.41. The lowest BCUT2D eigenvalue weighted by Gasteiger charge is -2.18. The van der Waals surface area contributed by atoms with Gasteiger partial charge in [-0.3, -0.25) is 9.67 Å². The summed E-state index contributed by atoms with van der Waals surface area (Å²) < 4.78 is 3.74. The molecule has 8 heteroatoms. The summed E-state index contributed by atoms with van der Waals surface area (Å²) in [7, 11) is 0. The Balaban J connectivity index is 1.58. The fraction of sp³-hybridized carbons (Fsp3) is 0.227. The summed E-state index contributed by atoms with van der Waals surface area (Å²) in [6, 6.07) is 8.27. The molecule has 0 aliphatic carbocycles. The molecule has 0 fully saturated rings. The third-order valence-corrected chi connectivity index (χ3v) is 5.51. The van der Waals surface area contributed by atoms with Crippen molar-refractivity contribution in [1.82, 2.24) is 34.3 Å². The molecule has 5 rings (SSSR count). The second-order valence-corrected chi connectivity index (χ2v) is 7.30. The smallest absolute Gasteiger partial charge is 0.197 e. The van der Waals surface area contributed by atoms with Crippen molar-refractivity contribution in [3.05, 3.63) is 66.5 Å². The number of aliphatic hydroxyl groups excluding tert-OH is 1. The lowest BCUT2D eigenvalue weighted by molar-refractivity contribution is 0.269. The minimum absolute atomic E-state index is 0.0290. The van der Waals surface area contributed by atoms with Gasteiger partial charge in [-0.2, -0.15) is 5.10 Å². The molecule has 0 saturated heterocycles. The topological polar surface area (TPSA) is 94.5 Å². The molecule has 1 atom stereocenters. The molecule has 1 aromatic carbocycles. The number of hydrogen-bond acceptors (Lipinski definition) is 6. The summed E-state index contributed by atoms with van der Waals surface area (Å²) in [5, 5.41) is 14.5. The minimum Gasteiger partial charge on any atom is -0.394 e. The van der Waals surface area contributed by atoms with Gasteiger partial charge in [-0.25, -0.2) is 15.0 Å². The van der Waals surface area contributed by atoms with Crippen molar-refractivity contribution in [2.24, 2.45) is 0 Å². The molecule has 30 heavy (non-hydrogen) atoms. The van der Waals surface area contributed by atoms with Crippen LogP contribution in [0.4, 0.5) is 0 Å². The van der Waals surface area contributed by atoms with Crippen LogP contribution in [0.3, 0.4) is 0 Å². The maximum atomic E-state index is 9.10. The molecule has 0 aliphatic rings. The Morgan fingerprint density at radius 1 is 1.10 bits per heavy atom. The molecule has 0 radical (unpaired) electrons. The Morgan fingerprint density at radius 3 is 2.87 bits per heavy atom. The Hall–Kier alpha value is -3.65. The lowest BCUT2D eigenvalue weighted by atomic mass is 9.98. The van der Waals surface area contributed by atoms with Crippen LogP contribution in [0.5, 0.6) is 0 Å². The van der Waals surface area contributed by atoms with Crippen LogP contribution in [0.1, 0.15) is 24.1 Å². The van der Waals surface area contributed by atoms with Crippen molar-refractivity contribution in [3.8, 4) is 11.3 Å². The minimum atomic E-state index is 0.0290. The van der Waals surface area contributed by atoms with Crippen LogP contribution < -0.4 is 0 Å². The predicted molar refractivity (Wildman–Crippen MR) is 114 cm³/mol. The highest BCUT2D eigenvalue weighted by atomic mass is 16.3. The van der Waals surface area contributed by atoms with Gasteiger partial charge in [-0.15, -0.1) is 0 Å². The van der Waals surface area contributed by atoms with Gasteiger partial charge in [0.2, 0.25) is 0 Å². The number of nitrogens with zero attached hydrogens (tertiary/aromatic N) is 7. The first-order valence-electron chi connectivity index (χ1n) is 9.83. The number of aliphatic hydroxyl groups is 1. The fourth-order valence-corrected chi connectivity index (χ4v) is 3.87. The van der Waals surface area contributed by atoms with Gasteiger partial charge in [-0.05, 0) is 37.1 Å². The van der Waals surface area contributed by atoms with E-state index >= 15 is 0 Å². The number of benzene rings is 1. The monoisotopic (exact) mass is 399 g/mol. The summed E-state index contributed by atoms with van der Waals surface area (Å²) in [6.07, 6.45) is 8.90. The third-order valence-electron chi connectivity index (χ3n) is 5.51. The number of hydrogen-bond donors (Lipinski definition) is 1. The van der Waals surface area contributed by atoms with Crippen molar-refractivity contribution in [2.75, 3.05) is 6.61 Å². The van der Waals surface area contributed by atoms with Gasteiger partial charge in [0.05, 0.1) is 49.1 Å².